The first-order valence-electron chi connectivity index (χ1n) is 5.13. The fourth-order valence-corrected chi connectivity index (χ4v) is 1.45. The molecule has 0 radical (unpaired) electrons. The normalized spacial score (nSPS) is 10.4. The van der Waals surface area contributed by atoms with E-state index in [0.29, 0.717) is 0 Å². The number of furan rings is 1. The maximum Gasteiger partial charge on any atom is 0.433 e. The number of rotatable bonds is 3. The molecule has 0 unspecified atom stereocenters. The van der Waals surface area contributed by atoms with Gasteiger partial charge in [-0.05, 0) is 6.07 Å². The Morgan fingerprint density at radius 3 is 2.68 bits per heavy atom. The first-order chi connectivity index (χ1) is 8.91. The van der Waals surface area contributed by atoms with Gasteiger partial charge in [0, 0.05) is 14.1 Å². The molecule has 2 heterocycles. The zero-order valence-corrected chi connectivity index (χ0v) is 10.1. The first-order valence-corrected chi connectivity index (χ1v) is 5.13. The standard InChI is InChI=1S/C10H10N4O5/c1-13(2)10(15)7-8(12-19-9(7)11)5-3-4-6(18-5)14(16)17/h3-4H,11H2,1-2H3. The van der Waals surface area contributed by atoms with E-state index in [-0.39, 0.29) is 22.9 Å². The minimum absolute atomic E-state index is 0.00856. The van der Waals surface area contributed by atoms with Gasteiger partial charge in [-0.25, -0.2) is 0 Å². The number of nitro groups is 1. The predicted octanol–water partition coefficient (Wildman–Crippen LogP) is 1.13. The molecule has 2 aromatic rings. The summed E-state index contributed by atoms with van der Waals surface area (Å²) < 4.78 is 9.71. The molecule has 0 spiro atoms. The fraction of sp³-hybridized carbons (Fsp3) is 0.200. The van der Waals surface area contributed by atoms with Gasteiger partial charge >= 0.3 is 5.88 Å². The molecule has 0 aliphatic rings. The number of carbonyl (C=O) groups excluding carboxylic acids is 1. The van der Waals surface area contributed by atoms with Crippen LogP contribution >= 0.6 is 0 Å². The molecule has 2 N–H and O–H groups in total. The number of nitrogen functional groups attached to an aromatic ring is 1. The molecule has 100 valence electrons. The molecule has 0 aliphatic carbocycles. The lowest BCUT2D eigenvalue weighted by Gasteiger charge is -2.08. The Morgan fingerprint density at radius 1 is 1.47 bits per heavy atom. The Balaban J connectivity index is 2.50. The van der Waals surface area contributed by atoms with Crippen LogP contribution in [0.15, 0.2) is 21.1 Å². The van der Waals surface area contributed by atoms with Crippen molar-refractivity contribution in [1.82, 2.24) is 10.1 Å². The third-order valence-corrected chi connectivity index (χ3v) is 2.34. The highest BCUT2D eigenvalue weighted by atomic mass is 16.6. The van der Waals surface area contributed by atoms with Gasteiger partial charge in [0.2, 0.25) is 5.88 Å². The van der Waals surface area contributed by atoms with Crippen molar-refractivity contribution in [1.29, 1.82) is 0 Å². The highest BCUT2D eigenvalue weighted by Crippen LogP contribution is 2.31. The van der Waals surface area contributed by atoms with E-state index in [4.69, 9.17) is 14.7 Å². The van der Waals surface area contributed by atoms with Gasteiger partial charge in [0.15, 0.2) is 11.5 Å². The van der Waals surface area contributed by atoms with E-state index in [0.717, 1.165) is 6.07 Å². The van der Waals surface area contributed by atoms with Gasteiger partial charge in [0.05, 0.1) is 6.07 Å². The monoisotopic (exact) mass is 266 g/mol. The lowest BCUT2D eigenvalue weighted by molar-refractivity contribution is -0.401. The van der Waals surface area contributed by atoms with Gasteiger partial charge in [-0.1, -0.05) is 5.16 Å². The van der Waals surface area contributed by atoms with Crippen molar-refractivity contribution in [3.8, 4) is 11.5 Å². The Morgan fingerprint density at radius 2 is 2.16 bits per heavy atom. The number of nitrogens with zero attached hydrogens (tertiary/aromatic N) is 3. The van der Waals surface area contributed by atoms with Gasteiger partial charge in [-0.3, -0.25) is 14.9 Å². The SMILES string of the molecule is CN(C)C(=O)c1c(-c2ccc([N+](=O)[O-])o2)noc1N. The largest absolute Gasteiger partial charge is 0.433 e. The zero-order chi connectivity index (χ0) is 14.2. The summed E-state index contributed by atoms with van der Waals surface area (Å²) in [6.07, 6.45) is 0. The molecule has 0 bridgehead atoms. The van der Waals surface area contributed by atoms with Crippen LogP contribution in [-0.4, -0.2) is 35.0 Å². The summed E-state index contributed by atoms with van der Waals surface area (Å²) >= 11 is 0. The van der Waals surface area contributed by atoms with Gasteiger partial charge in [-0.2, -0.15) is 0 Å². The molecule has 19 heavy (non-hydrogen) atoms. The first kappa shape index (κ1) is 12.6. The maximum atomic E-state index is 11.9. The fourth-order valence-electron chi connectivity index (χ4n) is 1.45. The van der Waals surface area contributed by atoms with Crippen molar-refractivity contribution in [2.75, 3.05) is 19.8 Å². The quantitative estimate of drug-likeness (QED) is 0.650. The molecule has 2 rings (SSSR count). The molecule has 0 aromatic carbocycles. The van der Waals surface area contributed by atoms with Crippen LogP contribution in [0.2, 0.25) is 0 Å². The van der Waals surface area contributed by atoms with Gasteiger partial charge in [-0.15, -0.1) is 0 Å². The third kappa shape index (κ3) is 2.12. The number of hydrogen-bond donors (Lipinski definition) is 1. The summed E-state index contributed by atoms with van der Waals surface area (Å²) in [5.74, 6) is -1.03. The van der Waals surface area contributed by atoms with E-state index in [1.807, 2.05) is 0 Å². The third-order valence-electron chi connectivity index (χ3n) is 2.34. The van der Waals surface area contributed by atoms with E-state index in [1.54, 1.807) is 0 Å². The van der Waals surface area contributed by atoms with E-state index in [1.165, 1.54) is 25.1 Å². The van der Waals surface area contributed by atoms with Crippen LogP contribution in [0.1, 0.15) is 10.4 Å². The summed E-state index contributed by atoms with van der Waals surface area (Å²) in [5, 5.41) is 14.1. The number of carbonyl (C=O) groups is 1. The molecule has 0 fully saturated rings. The summed E-state index contributed by atoms with van der Waals surface area (Å²) in [4.78, 5) is 23.1. The van der Waals surface area contributed by atoms with Crippen molar-refractivity contribution >= 4 is 17.7 Å². The van der Waals surface area contributed by atoms with E-state index in [2.05, 4.69) is 5.16 Å². The molecular weight excluding hydrogens is 256 g/mol. The maximum absolute atomic E-state index is 11.9. The van der Waals surface area contributed by atoms with Crippen molar-refractivity contribution in [3.63, 3.8) is 0 Å². The molecule has 9 heteroatoms. The van der Waals surface area contributed by atoms with Crippen LogP contribution < -0.4 is 5.73 Å². The molecule has 2 aromatic heterocycles. The second-order valence-corrected chi connectivity index (χ2v) is 3.87. The van der Waals surface area contributed by atoms with Crippen molar-refractivity contribution in [3.05, 3.63) is 27.8 Å². The highest BCUT2D eigenvalue weighted by molar-refractivity contribution is 6.02. The Bertz CT molecular complexity index is 642. The predicted molar refractivity (Wildman–Crippen MR) is 63.3 cm³/mol. The topological polar surface area (TPSA) is 129 Å². The number of anilines is 1. The van der Waals surface area contributed by atoms with Crippen LogP contribution in [0.3, 0.4) is 0 Å². The average Bonchev–Trinajstić information content (AvgIpc) is 2.94. The Hall–Kier alpha value is -2.84. The molecule has 9 nitrogen and oxygen atoms in total. The molecule has 1 amide bonds. The van der Waals surface area contributed by atoms with Crippen LogP contribution in [0.4, 0.5) is 11.8 Å². The zero-order valence-electron chi connectivity index (χ0n) is 10.1. The van der Waals surface area contributed by atoms with Crippen molar-refractivity contribution < 1.29 is 18.7 Å². The molecule has 0 atom stereocenters. The average molecular weight is 266 g/mol. The molecule has 0 saturated heterocycles. The number of aromatic nitrogens is 1. The van der Waals surface area contributed by atoms with Crippen LogP contribution in [0, 0.1) is 10.1 Å². The van der Waals surface area contributed by atoms with Gasteiger partial charge in [0.25, 0.3) is 5.91 Å². The molecule has 0 aliphatic heterocycles. The van der Waals surface area contributed by atoms with Crippen LogP contribution in [-0.2, 0) is 0 Å². The summed E-state index contributed by atoms with van der Waals surface area (Å²) in [5.41, 5.74) is 5.57. The molecular formula is C10H10N4O5. The summed E-state index contributed by atoms with van der Waals surface area (Å²) in [6, 6.07) is 2.48. The lowest BCUT2D eigenvalue weighted by atomic mass is 10.2. The number of amides is 1. The second kappa shape index (κ2) is 4.44. The van der Waals surface area contributed by atoms with E-state index in [9.17, 15) is 14.9 Å². The van der Waals surface area contributed by atoms with Crippen molar-refractivity contribution in [2.45, 2.75) is 0 Å². The minimum atomic E-state index is -0.694. The van der Waals surface area contributed by atoms with Gasteiger partial charge in [0.1, 0.15) is 10.5 Å². The van der Waals surface area contributed by atoms with E-state index >= 15 is 0 Å². The Labute approximate surface area is 106 Å². The lowest BCUT2D eigenvalue weighted by Crippen LogP contribution is -2.22. The van der Waals surface area contributed by atoms with Crippen LogP contribution in [0.25, 0.3) is 11.5 Å². The number of hydrogen-bond acceptors (Lipinski definition) is 7. The summed E-state index contributed by atoms with van der Waals surface area (Å²) in [6.45, 7) is 0. The highest BCUT2D eigenvalue weighted by Gasteiger charge is 2.27. The van der Waals surface area contributed by atoms with Gasteiger partial charge < -0.3 is 19.6 Å². The number of nitrogens with two attached hydrogens (primary N) is 1. The van der Waals surface area contributed by atoms with Crippen LogP contribution in [0.5, 0.6) is 0 Å². The summed E-state index contributed by atoms with van der Waals surface area (Å²) in [7, 11) is 3.06. The van der Waals surface area contributed by atoms with E-state index < -0.39 is 16.7 Å². The Kier molecular flexibility index (Phi) is 2.95. The molecule has 0 saturated carbocycles. The minimum Gasteiger partial charge on any atom is -0.399 e. The smallest absolute Gasteiger partial charge is 0.399 e. The second-order valence-electron chi connectivity index (χ2n) is 3.87. The van der Waals surface area contributed by atoms with Crippen molar-refractivity contribution in [2.24, 2.45) is 0 Å².